The maximum absolute atomic E-state index is 13.7. The van der Waals surface area contributed by atoms with Crippen molar-refractivity contribution in [2.45, 2.75) is 79.6 Å². The van der Waals surface area contributed by atoms with Crippen molar-refractivity contribution in [1.29, 1.82) is 0 Å². The van der Waals surface area contributed by atoms with Crippen LogP contribution in [0.3, 0.4) is 0 Å². The van der Waals surface area contributed by atoms with Crippen LogP contribution < -0.4 is 5.32 Å². The van der Waals surface area contributed by atoms with Crippen LogP contribution in [-0.4, -0.2) is 58.9 Å². The van der Waals surface area contributed by atoms with E-state index >= 15 is 0 Å². The predicted molar refractivity (Wildman–Crippen MR) is 139 cm³/mol. The van der Waals surface area contributed by atoms with E-state index < -0.39 is 23.5 Å². The number of likely N-dealkylation sites (N-methyl/N-ethyl adjacent to an activating group) is 1. The lowest BCUT2D eigenvalue weighted by Gasteiger charge is -2.39. The maximum atomic E-state index is 13.7. The molecule has 3 atom stereocenters. The molecule has 1 aromatic carbocycles. The molecule has 3 unspecified atom stereocenters. The van der Waals surface area contributed by atoms with Gasteiger partial charge in [-0.05, 0) is 54.5 Å². The number of ether oxygens (including phenoxy) is 1. The molecule has 8 heteroatoms. The molecular weight excluding hydrogens is 466 g/mol. The summed E-state index contributed by atoms with van der Waals surface area (Å²) in [5, 5.41) is 2.99. The lowest BCUT2D eigenvalue weighted by atomic mass is 9.84. The Morgan fingerprint density at radius 2 is 1.83 bits per heavy atom. The van der Waals surface area contributed by atoms with Gasteiger partial charge >= 0.3 is 5.97 Å². The Kier molecular flexibility index (Phi) is 9.93. The summed E-state index contributed by atoms with van der Waals surface area (Å²) >= 11 is 6.48. The van der Waals surface area contributed by atoms with Crippen LogP contribution in [0.15, 0.2) is 35.9 Å². The first-order valence-electron chi connectivity index (χ1n) is 12.2. The third-order valence-corrected chi connectivity index (χ3v) is 6.74. The van der Waals surface area contributed by atoms with Gasteiger partial charge in [0, 0.05) is 19.2 Å². The van der Waals surface area contributed by atoms with Gasteiger partial charge in [0.25, 0.3) is 0 Å². The Labute approximate surface area is 214 Å². The standard InChI is InChI=1S/C27H40ClN3O4/c1-9-35-26(34)18(4)14-21(17(2)3)30(8)25(33)23(27(5,6)7)29-24(32)22-15-19-12-10-11-13-20(19)16-31(22)28/h10-14,17,21-23H,9,15-16H2,1-8H3,(H,29,32)/b18-14+. The maximum Gasteiger partial charge on any atom is 0.333 e. The van der Waals surface area contributed by atoms with Crippen molar-refractivity contribution < 1.29 is 19.1 Å². The molecule has 2 rings (SSSR count). The summed E-state index contributed by atoms with van der Waals surface area (Å²) in [6.07, 6.45) is 2.24. The zero-order valence-corrected chi connectivity index (χ0v) is 23.0. The highest BCUT2D eigenvalue weighted by atomic mass is 35.5. The van der Waals surface area contributed by atoms with E-state index in [0.717, 1.165) is 11.1 Å². The number of hydrogen-bond acceptors (Lipinski definition) is 5. The van der Waals surface area contributed by atoms with Gasteiger partial charge in [0.15, 0.2) is 0 Å². The van der Waals surface area contributed by atoms with Crippen molar-refractivity contribution >= 4 is 29.6 Å². The summed E-state index contributed by atoms with van der Waals surface area (Å²) in [5.74, 6) is -0.873. The molecule has 7 nitrogen and oxygen atoms in total. The molecule has 0 saturated carbocycles. The molecule has 35 heavy (non-hydrogen) atoms. The highest BCUT2D eigenvalue weighted by molar-refractivity contribution is 6.15. The van der Waals surface area contributed by atoms with Crippen LogP contribution in [0.2, 0.25) is 0 Å². The smallest absolute Gasteiger partial charge is 0.333 e. The zero-order chi connectivity index (χ0) is 26.5. The lowest BCUT2D eigenvalue weighted by Crippen LogP contribution is -2.59. The molecule has 1 heterocycles. The Balaban J connectivity index is 2.26. The molecule has 0 aliphatic carbocycles. The quantitative estimate of drug-likeness (QED) is 0.327. The summed E-state index contributed by atoms with van der Waals surface area (Å²) in [6.45, 7) is 13.9. The average molecular weight is 506 g/mol. The van der Waals surface area contributed by atoms with Gasteiger partial charge in [0.05, 0.1) is 12.6 Å². The van der Waals surface area contributed by atoms with E-state index in [-0.39, 0.29) is 30.4 Å². The molecule has 0 aromatic heterocycles. The zero-order valence-electron chi connectivity index (χ0n) is 22.2. The minimum absolute atomic E-state index is 0.0397. The van der Waals surface area contributed by atoms with Crippen LogP contribution >= 0.6 is 11.8 Å². The first-order chi connectivity index (χ1) is 16.3. The van der Waals surface area contributed by atoms with Gasteiger partial charge in [-0.25, -0.2) is 9.21 Å². The fraction of sp³-hybridized carbons (Fsp3) is 0.593. The predicted octanol–water partition coefficient (Wildman–Crippen LogP) is 4.09. The lowest BCUT2D eigenvalue weighted by molar-refractivity contribution is -0.141. The minimum atomic E-state index is -0.778. The number of nitrogens with one attached hydrogen (secondary N) is 1. The van der Waals surface area contributed by atoms with Crippen LogP contribution in [0, 0.1) is 11.3 Å². The number of rotatable bonds is 8. The van der Waals surface area contributed by atoms with Crippen molar-refractivity contribution in [3.63, 3.8) is 0 Å². The summed E-state index contributed by atoms with van der Waals surface area (Å²) < 4.78 is 6.60. The van der Waals surface area contributed by atoms with Crippen LogP contribution in [-0.2, 0) is 32.1 Å². The Morgan fingerprint density at radius 3 is 2.37 bits per heavy atom. The van der Waals surface area contributed by atoms with Crippen LogP contribution in [0.5, 0.6) is 0 Å². The Hall–Kier alpha value is -2.38. The highest BCUT2D eigenvalue weighted by Gasteiger charge is 2.40. The van der Waals surface area contributed by atoms with Crippen molar-refractivity contribution in [2.75, 3.05) is 13.7 Å². The number of fused-ring (bicyclic) bond motifs is 1. The summed E-state index contributed by atoms with van der Waals surface area (Å²) in [4.78, 5) is 40.9. The third-order valence-electron chi connectivity index (χ3n) is 6.39. The molecule has 194 valence electrons. The SMILES string of the molecule is CCOC(=O)/C(C)=C/C(C(C)C)N(C)C(=O)C(NC(=O)C1Cc2ccccc2CN1Cl)C(C)(C)C. The van der Waals surface area contributed by atoms with E-state index in [4.69, 9.17) is 16.5 Å². The number of hydrogen-bond donors (Lipinski definition) is 1. The molecule has 2 amide bonds. The fourth-order valence-corrected chi connectivity index (χ4v) is 4.56. The number of nitrogens with zero attached hydrogens (tertiary/aromatic N) is 2. The van der Waals surface area contributed by atoms with E-state index in [1.54, 1.807) is 31.9 Å². The monoisotopic (exact) mass is 505 g/mol. The number of benzene rings is 1. The fourth-order valence-electron chi connectivity index (χ4n) is 4.27. The van der Waals surface area contributed by atoms with E-state index in [1.807, 2.05) is 58.9 Å². The second kappa shape index (κ2) is 12.0. The number of carbonyl (C=O) groups excluding carboxylic acids is 3. The highest BCUT2D eigenvalue weighted by Crippen LogP contribution is 2.27. The van der Waals surface area contributed by atoms with Crippen molar-refractivity contribution in [1.82, 2.24) is 14.6 Å². The molecule has 0 bridgehead atoms. The topological polar surface area (TPSA) is 79.0 Å². The van der Waals surface area contributed by atoms with Crippen molar-refractivity contribution in [3.8, 4) is 0 Å². The molecule has 1 aliphatic heterocycles. The number of halogens is 1. The van der Waals surface area contributed by atoms with Gasteiger partial charge < -0.3 is 15.0 Å². The van der Waals surface area contributed by atoms with Gasteiger partial charge in [-0.1, -0.05) is 65.0 Å². The van der Waals surface area contributed by atoms with Crippen LogP contribution in [0.1, 0.15) is 59.6 Å². The summed E-state index contributed by atoms with van der Waals surface area (Å²) in [6, 6.07) is 6.21. The van der Waals surface area contributed by atoms with Gasteiger partial charge in [-0.3, -0.25) is 9.59 Å². The molecule has 0 saturated heterocycles. The minimum Gasteiger partial charge on any atom is -0.463 e. The molecular formula is C27H40ClN3O4. The number of amides is 2. The normalized spacial score (nSPS) is 18.5. The van der Waals surface area contributed by atoms with E-state index in [0.29, 0.717) is 18.5 Å². The summed E-state index contributed by atoms with van der Waals surface area (Å²) in [5.41, 5.74) is 2.07. The van der Waals surface area contributed by atoms with Crippen molar-refractivity contribution in [2.24, 2.45) is 11.3 Å². The van der Waals surface area contributed by atoms with Gasteiger partial charge in [-0.15, -0.1) is 0 Å². The van der Waals surface area contributed by atoms with Crippen LogP contribution in [0.4, 0.5) is 0 Å². The second-order valence-corrected chi connectivity index (χ2v) is 11.0. The van der Waals surface area contributed by atoms with Crippen LogP contribution in [0.25, 0.3) is 0 Å². The Bertz CT molecular complexity index is 954. The molecule has 1 N–H and O–H groups in total. The third kappa shape index (κ3) is 7.31. The molecule has 1 aromatic rings. The molecule has 1 aliphatic rings. The average Bonchev–Trinajstić information content (AvgIpc) is 2.78. The van der Waals surface area contributed by atoms with E-state index in [2.05, 4.69) is 5.32 Å². The molecule has 0 spiro atoms. The van der Waals surface area contributed by atoms with Gasteiger partial charge in [-0.2, -0.15) is 0 Å². The van der Waals surface area contributed by atoms with E-state index in [1.165, 1.54) is 4.42 Å². The largest absolute Gasteiger partial charge is 0.463 e. The van der Waals surface area contributed by atoms with E-state index in [9.17, 15) is 14.4 Å². The number of esters is 1. The van der Waals surface area contributed by atoms with Gasteiger partial charge in [0.1, 0.15) is 12.1 Å². The van der Waals surface area contributed by atoms with Gasteiger partial charge in [0.2, 0.25) is 11.8 Å². The summed E-state index contributed by atoms with van der Waals surface area (Å²) in [7, 11) is 1.71. The second-order valence-electron chi connectivity index (χ2n) is 10.6. The molecule has 0 fully saturated rings. The Morgan fingerprint density at radius 1 is 1.23 bits per heavy atom. The first-order valence-corrected chi connectivity index (χ1v) is 12.5. The number of carbonyl (C=O) groups is 3. The van der Waals surface area contributed by atoms with Crippen molar-refractivity contribution in [3.05, 3.63) is 47.0 Å². The molecule has 0 radical (unpaired) electrons. The first kappa shape index (κ1) is 28.9.